The monoisotopic (exact) mass is 203 g/mol. The number of rotatable bonds is 4. The topological polar surface area (TPSA) is 40.5 Å². The molecule has 1 heterocycles. The standard InChI is InChI=1S/C10H18FNO2/c1-2-10(9(13)14)3-6-12(7-4-10)8-5-11/h2-8H2,1H3,(H,13,14). The summed E-state index contributed by atoms with van der Waals surface area (Å²) in [6, 6.07) is 0. The molecule has 14 heavy (non-hydrogen) atoms. The van der Waals surface area contributed by atoms with Gasteiger partial charge in [0.2, 0.25) is 0 Å². The maximum atomic E-state index is 12.1. The van der Waals surface area contributed by atoms with Crippen LogP contribution < -0.4 is 0 Å². The average molecular weight is 203 g/mol. The van der Waals surface area contributed by atoms with Gasteiger partial charge in [-0.3, -0.25) is 4.79 Å². The zero-order valence-corrected chi connectivity index (χ0v) is 8.63. The molecule has 1 fully saturated rings. The van der Waals surface area contributed by atoms with Gasteiger partial charge in [-0.25, -0.2) is 4.39 Å². The largest absolute Gasteiger partial charge is 0.481 e. The molecule has 1 rings (SSSR count). The first-order valence-corrected chi connectivity index (χ1v) is 5.16. The van der Waals surface area contributed by atoms with Crippen molar-refractivity contribution in [2.24, 2.45) is 5.41 Å². The van der Waals surface area contributed by atoms with Crippen molar-refractivity contribution in [3.63, 3.8) is 0 Å². The highest BCUT2D eigenvalue weighted by molar-refractivity contribution is 5.74. The minimum atomic E-state index is -0.695. The van der Waals surface area contributed by atoms with E-state index in [-0.39, 0.29) is 6.67 Å². The quantitative estimate of drug-likeness (QED) is 0.753. The lowest BCUT2D eigenvalue weighted by atomic mass is 9.76. The number of piperidine rings is 1. The fourth-order valence-corrected chi connectivity index (χ4v) is 2.04. The zero-order valence-electron chi connectivity index (χ0n) is 8.63. The number of likely N-dealkylation sites (tertiary alicyclic amines) is 1. The first kappa shape index (κ1) is 11.4. The van der Waals surface area contributed by atoms with E-state index in [4.69, 9.17) is 5.11 Å². The predicted molar refractivity (Wildman–Crippen MR) is 52.0 cm³/mol. The number of carboxylic acids is 1. The summed E-state index contributed by atoms with van der Waals surface area (Å²) in [4.78, 5) is 13.1. The summed E-state index contributed by atoms with van der Waals surface area (Å²) >= 11 is 0. The average Bonchev–Trinajstić information content (AvgIpc) is 2.19. The van der Waals surface area contributed by atoms with Gasteiger partial charge in [-0.05, 0) is 32.4 Å². The predicted octanol–water partition coefficient (Wildman–Crippen LogP) is 1.53. The van der Waals surface area contributed by atoms with Gasteiger partial charge in [0.15, 0.2) is 0 Å². The van der Waals surface area contributed by atoms with Crippen LogP contribution in [0.3, 0.4) is 0 Å². The SMILES string of the molecule is CCC1(C(=O)O)CCN(CCF)CC1. The van der Waals surface area contributed by atoms with Crippen molar-refractivity contribution in [1.82, 2.24) is 4.90 Å². The summed E-state index contributed by atoms with van der Waals surface area (Å²) in [6.07, 6.45) is 1.98. The molecule has 1 N–H and O–H groups in total. The van der Waals surface area contributed by atoms with E-state index in [0.717, 1.165) is 0 Å². The smallest absolute Gasteiger partial charge is 0.309 e. The number of nitrogens with zero attached hydrogens (tertiary/aromatic N) is 1. The Balaban J connectivity index is 2.50. The highest BCUT2D eigenvalue weighted by atomic mass is 19.1. The molecule has 0 bridgehead atoms. The molecule has 0 aromatic heterocycles. The van der Waals surface area contributed by atoms with E-state index in [1.165, 1.54) is 0 Å². The van der Waals surface area contributed by atoms with E-state index in [1.54, 1.807) is 0 Å². The Bertz CT molecular complexity index is 200. The normalized spacial score (nSPS) is 22.1. The van der Waals surface area contributed by atoms with Crippen molar-refractivity contribution in [3.05, 3.63) is 0 Å². The van der Waals surface area contributed by atoms with E-state index in [9.17, 15) is 9.18 Å². The van der Waals surface area contributed by atoms with Gasteiger partial charge in [-0.15, -0.1) is 0 Å². The van der Waals surface area contributed by atoms with Crippen LogP contribution in [0, 0.1) is 5.41 Å². The molecule has 0 saturated carbocycles. The molecule has 0 atom stereocenters. The summed E-state index contributed by atoms with van der Waals surface area (Å²) in [5, 5.41) is 9.11. The molecule has 82 valence electrons. The fraction of sp³-hybridized carbons (Fsp3) is 0.900. The van der Waals surface area contributed by atoms with Crippen LogP contribution in [-0.2, 0) is 4.79 Å². The van der Waals surface area contributed by atoms with Crippen molar-refractivity contribution < 1.29 is 14.3 Å². The lowest BCUT2D eigenvalue weighted by Crippen LogP contribution is -2.44. The van der Waals surface area contributed by atoms with E-state index >= 15 is 0 Å². The summed E-state index contributed by atoms with van der Waals surface area (Å²) in [6.45, 7) is 3.44. The molecule has 0 amide bonds. The summed E-state index contributed by atoms with van der Waals surface area (Å²) in [7, 11) is 0. The number of carboxylic acid groups (broad SMARTS) is 1. The van der Waals surface area contributed by atoms with Crippen molar-refractivity contribution in [2.75, 3.05) is 26.3 Å². The Morgan fingerprint density at radius 2 is 2.07 bits per heavy atom. The van der Waals surface area contributed by atoms with Crippen LogP contribution in [0.1, 0.15) is 26.2 Å². The van der Waals surface area contributed by atoms with Gasteiger partial charge in [-0.2, -0.15) is 0 Å². The lowest BCUT2D eigenvalue weighted by molar-refractivity contribution is -0.152. The van der Waals surface area contributed by atoms with E-state index in [2.05, 4.69) is 0 Å². The van der Waals surface area contributed by atoms with Crippen LogP contribution in [0.4, 0.5) is 4.39 Å². The van der Waals surface area contributed by atoms with Gasteiger partial charge in [-0.1, -0.05) is 6.92 Å². The molecule has 1 aliphatic rings. The van der Waals surface area contributed by atoms with Gasteiger partial charge < -0.3 is 10.0 Å². The summed E-state index contributed by atoms with van der Waals surface area (Å²) in [5.74, 6) is -0.695. The third-order valence-electron chi connectivity index (χ3n) is 3.34. The molecule has 0 aromatic carbocycles. The maximum absolute atomic E-state index is 12.1. The van der Waals surface area contributed by atoms with Gasteiger partial charge in [0, 0.05) is 6.54 Å². The minimum absolute atomic E-state index is 0.341. The summed E-state index contributed by atoms with van der Waals surface area (Å²) < 4.78 is 12.1. The first-order valence-electron chi connectivity index (χ1n) is 5.16. The van der Waals surface area contributed by atoms with Gasteiger partial charge in [0.25, 0.3) is 0 Å². The molecule has 0 spiro atoms. The second-order valence-electron chi connectivity index (χ2n) is 3.97. The van der Waals surface area contributed by atoms with Crippen LogP contribution in [-0.4, -0.2) is 42.3 Å². The molecule has 0 radical (unpaired) electrons. The number of halogens is 1. The van der Waals surface area contributed by atoms with Crippen LogP contribution in [0.2, 0.25) is 0 Å². The van der Waals surface area contributed by atoms with Crippen LogP contribution >= 0.6 is 0 Å². The number of alkyl halides is 1. The van der Waals surface area contributed by atoms with Crippen molar-refractivity contribution in [1.29, 1.82) is 0 Å². The molecule has 1 aliphatic heterocycles. The first-order chi connectivity index (χ1) is 6.64. The van der Waals surface area contributed by atoms with E-state index in [0.29, 0.717) is 38.9 Å². The van der Waals surface area contributed by atoms with Gasteiger partial charge in [0.05, 0.1) is 5.41 Å². The minimum Gasteiger partial charge on any atom is -0.481 e. The molecule has 3 nitrogen and oxygen atoms in total. The third-order valence-corrected chi connectivity index (χ3v) is 3.34. The van der Waals surface area contributed by atoms with Gasteiger partial charge in [0.1, 0.15) is 6.67 Å². The lowest BCUT2D eigenvalue weighted by Gasteiger charge is -2.37. The van der Waals surface area contributed by atoms with Crippen molar-refractivity contribution in [2.45, 2.75) is 26.2 Å². The third kappa shape index (κ3) is 2.23. The molecule has 0 unspecified atom stereocenters. The Hall–Kier alpha value is -0.640. The number of carbonyl (C=O) groups is 1. The highest BCUT2D eigenvalue weighted by Crippen LogP contribution is 2.34. The highest BCUT2D eigenvalue weighted by Gasteiger charge is 2.39. The molecular weight excluding hydrogens is 185 g/mol. The molecule has 4 heteroatoms. The summed E-state index contributed by atoms with van der Waals surface area (Å²) in [5.41, 5.74) is -0.549. The van der Waals surface area contributed by atoms with Crippen LogP contribution in [0.5, 0.6) is 0 Å². The number of hydrogen-bond donors (Lipinski definition) is 1. The van der Waals surface area contributed by atoms with E-state index in [1.807, 2.05) is 11.8 Å². The Kier molecular flexibility index (Phi) is 3.86. The Morgan fingerprint density at radius 3 is 2.43 bits per heavy atom. The fourth-order valence-electron chi connectivity index (χ4n) is 2.04. The number of aliphatic carboxylic acids is 1. The molecule has 1 saturated heterocycles. The molecule has 0 aromatic rings. The van der Waals surface area contributed by atoms with Gasteiger partial charge >= 0.3 is 5.97 Å². The van der Waals surface area contributed by atoms with Crippen molar-refractivity contribution >= 4 is 5.97 Å². The molecule has 0 aliphatic carbocycles. The van der Waals surface area contributed by atoms with Crippen molar-refractivity contribution in [3.8, 4) is 0 Å². The molecular formula is C10H18FNO2. The Labute approximate surface area is 83.9 Å². The number of hydrogen-bond acceptors (Lipinski definition) is 2. The maximum Gasteiger partial charge on any atom is 0.309 e. The van der Waals surface area contributed by atoms with E-state index < -0.39 is 11.4 Å². The Morgan fingerprint density at radius 1 is 1.50 bits per heavy atom. The van der Waals surface area contributed by atoms with Crippen LogP contribution in [0.25, 0.3) is 0 Å². The zero-order chi connectivity index (χ0) is 10.6. The van der Waals surface area contributed by atoms with Crippen LogP contribution in [0.15, 0.2) is 0 Å². The second-order valence-corrected chi connectivity index (χ2v) is 3.97. The second kappa shape index (κ2) is 4.73.